The third kappa shape index (κ3) is 6.04. The van der Waals surface area contributed by atoms with Crippen LogP contribution in [0.15, 0.2) is 12.2 Å². The average Bonchev–Trinajstić information content (AvgIpc) is 2.04. The Bertz CT molecular complexity index is 211. The fourth-order valence-electron chi connectivity index (χ4n) is 0.903. The number of aliphatic carboxylic acids is 1. The molecule has 0 aromatic rings. The van der Waals surface area contributed by atoms with E-state index in [0.717, 1.165) is 0 Å². The first kappa shape index (κ1) is 11.8. The van der Waals surface area contributed by atoms with E-state index in [2.05, 4.69) is 0 Å². The fraction of sp³-hybridized carbons (Fsp3) is 0.556. The molecule has 3 N–H and O–H groups in total. The normalized spacial score (nSPS) is 13.1. The molecule has 0 aliphatic heterocycles. The van der Waals surface area contributed by atoms with Gasteiger partial charge in [0.1, 0.15) is 0 Å². The number of hydrogen-bond donors (Lipinski definition) is 2. The maximum Gasteiger partial charge on any atom is 0.303 e. The molecule has 13 heavy (non-hydrogen) atoms. The highest BCUT2D eigenvalue weighted by atomic mass is 16.4. The van der Waals surface area contributed by atoms with Gasteiger partial charge in [-0.05, 0) is 25.8 Å². The van der Waals surface area contributed by atoms with E-state index in [9.17, 15) is 9.59 Å². The summed E-state index contributed by atoms with van der Waals surface area (Å²) in [6, 6.07) is -0.560. The summed E-state index contributed by atoms with van der Waals surface area (Å²) in [5.74, 6) is -1.00. The van der Waals surface area contributed by atoms with Crippen molar-refractivity contribution >= 4 is 11.8 Å². The van der Waals surface area contributed by atoms with E-state index in [1.807, 2.05) is 0 Å². The van der Waals surface area contributed by atoms with Crippen LogP contribution < -0.4 is 5.73 Å². The minimum absolute atomic E-state index is 0.0663. The Labute approximate surface area is 77.4 Å². The van der Waals surface area contributed by atoms with Crippen molar-refractivity contribution in [3.05, 3.63) is 12.2 Å². The second-order valence-electron chi connectivity index (χ2n) is 2.79. The van der Waals surface area contributed by atoms with Crippen LogP contribution >= 0.6 is 0 Å². The predicted molar refractivity (Wildman–Crippen MR) is 49.3 cm³/mol. The lowest BCUT2D eigenvalue weighted by Crippen LogP contribution is -2.28. The Morgan fingerprint density at radius 1 is 1.54 bits per heavy atom. The number of carbonyl (C=O) groups is 2. The van der Waals surface area contributed by atoms with E-state index in [4.69, 9.17) is 10.8 Å². The summed E-state index contributed by atoms with van der Waals surface area (Å²) in [4.78, 5) is 21.2. The van der Waals surface area contributed by atoms with Crippen LogP contribution in [0.3, 0.4) is 0 Å². The first-order valence-corrected chi connectivity index (χ1v) is 4.22. The molecule has 0 spiro atoms. The Morgan fingerprint density at radius 3 is 2.62 bits per heavy atom. The topological polar surface area (TPSA) is 80.4 Å². The summed E-state index contributed by atoms with van der Waals surface area (Å²) in [6.45, 7) is 1.74. The Balaban J connectivity index is 3.67. The second kappa shape index (κ2) is 6.37. The van der Waals surface area contributed by atoms with Gasteiger partial charge in [0.2, 0.25) is 0 Å². The van der Waals surface area contributed by atoms with Crippen LogP contribution in [0.4, 0.5) is 0 Å². The van der Waals surface area contributed by atoms with Gasteiger partial charge in [-0.2, -0.15) is 0 Å². The fourth-order valence-corrected chi connectivity index (χ4v) is 0.903. The molecule has 1 atom stereocenters. The minimum atomic E-state index is -0.856. The summed E-state index contributed by atoms with van der Waals surface area (Å²) in [7, 11) is 0. The van der Waals surface area contributed by atoms with Crippen molar-refractivity contribution in [2.75, 3.05) is 0 Å². The number of ketones is 1. The first-order valence-electron chi connectivity index (χ1n) is 4.22. The van der Waals surface area contributed by atoms with Crippen LogP contribution in [-0.4, -0.2) is 22.9 Å². The van der Waals surface area contributed by atoms with Crippen molar-refractivity contribution in [3.63, 3.8) is 0 Å². The lowest BCUT2D eigenvalue weighted by molar-refractivity contribution is -0.137. The monoisotopic (exact) mass is 185 g/mol. The molecule has 0 bridgehead atoms. The summed E-state index contributed by atoms with van der Waals surface area (Å²) in [6.07, 6.45) is 3.97. The van der Waals surface area contributed by atoms with Crippen LogP contribution in [0.1, 0.15) is 26.2 Å². The zero-order chi connectivity index (χ0) is 10.3. The van der Waals surface area contributed by atoms with E-state index in [1.54, 1.807) is 13.0 Å². The molecule has 0 aliphatic carbocycles. The highest BCUT2D eigenvalue weighted by Crippen LogP contribution is 2.00. The summed E-state index contributed by atoms with van der Waals surface area (Å²) >= 11 is 0. The van der Waals surface area contributed by atoms with Crippen LogP contribution in [0.5, 0.6) is 0 Å². The molecule has 0 fully saturated rings. The van der Waals surface area contributed by atoms with Crippen molar-refractivity contribution < 1.29 is 14.7 Å². The second-order valence-corrected chi connectivity index (χ2v) is 2.79. The molecule has 0 saturated carbocycles. The quantitative estimate of drug-likeness (QED) is 0.597. The third-order valence-corrected chi connectivity index (χ3v) is 1.60. The SMILES string of the molecule is CC=CC(=O)C(N)CCCC(=O)O. The van der Waals surface area contributed by atoms with Gasteiger partial charge in [-0.1, -0.05) is 6.08 Å². The van der Waals surface area contributed by atoms with Crippen LogP contribution in [0, 0.1) is 0 Å². The van der Waals surface area contributed by atoms with E-state index in [0.29, 0.717) is 12.8 Å². The predicted octanol–water partition coefficient (Wildman–Crippen LogP) is 0.714. The molecule has 0 radical (unpaired) electrons. The molecule has 0 aromatic heterocycles. The summed E-state index contributed by atoms with van der Waals surface area (Å²) in [5, 5.41) is 8.33. The molecular formula is C9H15NO3. The first-order chi connectivity index (χ1) is 6.07. The van der Waals surface area contributed by atoms with Crippen LogP contribution in [0.2, 0.25) is 0 Å². The zero-order valence-corrected chi connectivity index (χ0v) is 7.69. The third-order valence-electron chi connectivity index (χ3n) is 1.60. The van der Waals surface area contributed by atoms with Crippen molar-refractivity contribution in [3.8, 4) is 0 Å². The highest BCUT2D eigenvalue weighted by molar-refractivity contribution is 5.93. The number of carboxylic acid groups (broad SMARTS) is 1. The smallest absolute Gasteiger partial charge is 0.303 e. The maximum atomic E-state index is 11.1. The zero-order valence-electron chi connectivity index (χ0n) is 7.69. The van der Waals surface area contributed by atoms with Crippen LogP contribution in [-0.2, 0) is 9.59 Å². The van der Waals surface area contributed by atoms with Crippen molar-refractivity contribution in [1.29, 1.82) is 0 Å². The van der Waals surface area contributed by atoms with Gasteiger partial charge in [-0.25, -0.2) is 0 Å². The van der Waals surface area contributed by atoms with Crippen LogP contribution in [0.25, 0.3) is 0 Å². The lowest BCUT2D eigenvalue weighted by Gasteiger charge is -2.05. The molecule has 0 aliphatic rings. The van der Waals surface area contributed by atoms with E-state index >= 15 is 0 Å². The van der Waals surface area contributed by atoms with Gasteiger partial charge in [0.05, 0.1) is 6.04 Å². The highest BCUT2D eigenvalue weighted by Gasteiger charge is 2.10. The van der Waals surface area contributed by atoms with Crippen molar-refractivity contribution in [2.24, 2.45) is 5.73 Å². The van der Waals surface area contributed by atoms with Gasteiger partial charge in [-0.3, -0.25) is 9.59 Å². The van der Waals surface area contributed by atoms with E-state index in [1.165, 1.54) is 6.08 Å². The molecule has 0 saturated heterocycles. The minimum Gasteiger partial charge on any atom is -0.481 e. The molecule has 0 heterocycles. The van der Waals surface area contributed by atoms with Crippen molar-refractivity contribution in [1.82, 2.24) is 0 Å². The number of carbonyl (C=O) groups excluding carboxylic acids is 1. The van der Waals surface area contributed by atoms with Gasteiger partial charge < -0.3 is 10.8 Å². The molecule has 1 unspecified atom stereocenters. The van der Waals surface area contributed by atoms with Gasteiger partial charge >= 0.3 is 5.97 Å². The van der Waals surface area contributed by atoms with E-state index < -0.39 is 12.0 Å². The summed E-state index contributed by atoms with van der Waals surface area (Å²) < 4.78 is 0. The van der Waals surface area contributed by atoms with E-state index in [-0.39, 0.29) is 12.2 Å². The van der Waals surface area contributed by atoms with Crippen molar-refractivity contribution in [2.45, 2.75) is 32.2 Å². The molecule has 0 aromatic carbocycles. The van der Waals surface area contributed by atoms with Gasteiger partial charge in [0, 0.05) is 6.42 Å². The Kier molecular flexibility index (Phi) is 5.80. The average molecular weight is 185 g/mol. The maximum absolute atomic E-state index is 11.1. The Hall–Kier alpha value is -1.16. The number of hydrogen-bond acceptors (Lipinski definition) is 3. The Morgan fingerprint density at radius 2 is 2.15 bits per heavy atom. The van der Waals surface area contributed by atoms with Gasteiger partial charge in [-0.15, -0.1) is 0 Å². The lowest BCUT2D eigenvalue weighted by atomic mass is 10.1. The number of rotatable bonds is 6. The molecular weight excluding hydrogens is 170 g/mol. The molecule has 74 valence electrons. The molecule has 0 amide bonds. The number of allylic oxidation sites excluding steroid dienone is 1. The summed E-state index contributed by atoms with van der Waals surface area (Å²) in [5.41, 5.74) is 5.50. The molecule has 0 rings (SSSR count). The number of carboxylic acids is 1. The molecule has 4 heteroatoms. The number of nitrogens with two attached hydrogens (primary N) is 1. The van der Waals surface area contributed by atoms with Gasteiger partial charge in [0.25, 0.3) is 0 Å². The largest absolute Gasteiger partial charge is 0.481 e. The molecule has 4 nitrogen and oxygen atoms in total. The standard InChI is InChI=1S/C9H15NO3/c1-2-4-8(11)7(10)5-3-6-9(12)13/h2,4,7H,3,5-6,10H2,1H3,(H,12,13). The van der Waals surface area contributed by atoms with Gasteiger partial charge in [0.15, 0.2) is 5.78 Å².